The lowest BCUT2D eigenvalue weighted by atomic mass is 10.1. The van der Waals surface area contributed by atoms with Crippen LogP contribution < -0.4 is 4.74 Å². The first-order valence-corrected chi connectivity index (χ1v) is 5.42. The molecular formula is C13H13NO4. The number of nitro groups is 1. The van der Waals surface area contributed by atoms with Crippen molar-refractivity contribution in [3.63, 3.8) is 0 Å². The summed E-state index contributed by atoms with van der Waals surface area (Å²) in [5.74, 6) is 1.39. The van der Waals surface area contributed by atoms with Gasteiger partial charge < -0.3 is 9.15 Å². The molecule has 0 saturated carbocycles. The zero-order chi connectivity index (χ0) is 13.3. The van der Waals surface area contributed by atoms with Crippen molar-refractivity contribution in [2.24, 2.45) is 0 Å². The smallest absolute Gasteiger partial charge is 0.235 e. The van der Waals surface area contributed by atoms with E-state index in [4.69, 9.17) is 9.15 Å². The molecule has 2 aromatic rings. The summed E-state index contributed by atoms with van der Waals surface area (Å²) < 4.78 is 10.8. The van der Waals surface area contributed by atoms with Crippen molar-refractivity contribution in [1.29, 1.82) is 0 Å². The van der Waals surface area contributed by atoms with Gasteiger partial charge in [0.1, 0.15) is 17.1 Å². The molecule has 0 aliphatic heterocycles. The molecule has 0 unspecified atom stereocenters. The van der Waals surface area contributed by atoms with E-state index in [1.165, 1.54) is 13.2 Å². The van der Waals surface area contributed by atoms with Gasteiger partial charge in [0.2, 0.25) is 6.20 Å². The first-order valence-electron chi connectivity index (χ1n) is 5.42. The fourth-order valence-corrected chi connectivity index (χ4v) is 1.83. The Hall–Kier alpha value is -2.30. The number of nitrogens with zero attached hydrogens (tertiary/aromatic N) is 1. The average molecular weight is 247 g/mol. The molecule has 0 N–H and O–H groups in total. The van der Waals surface area contributed by atoms with Crippen molar-refractivity contribution in [2.75, 3.05) is 7.11 Å². The molecule has 94 valence electrons. The molecule has 0 aliphatic rings. The number of hydrogen-bond donors (Lipinski definition) is 0. The highest BCUT2D eigenvalue weighted by molar-refractivity contribution is 5.86. The van der Waals surface area contributed by atoms with Crippen molar-refractivity contribution in [3.8, 4) is 5.75 Å². The predicted molar refractivity (Wildman–Crippen MR) is 68.3 cm³/mol. The molecule has 2 rings (SSSR count). The van der Waals surface area contributed by atoms with Gasteiger partial charge in [0.15, 0.2) is 0 Å². The maximum atomic E-state index is 10.4. The van der Waals surface area contributed by atoms with Crippen LogP contribution in [0.1, 0.15) is 16.9 Å². The highest BCUT2D eigenvalue weighted by atomic mass is 16.6. The highest BCUT2D eigenvalue weighted by Crippen LogP contribution is 2.32. The lowest BCUT2D eigenvalue weighted by Gasteiger charge is -2.03. The minimum Gasteiger partial charge on any atom is -0.496 e. The second-order valence-electron chi connectivity index (χ2n) is 3.97. The van der Waals surface area contributed by atoms with Crippen LogP contribution in [0.15, 0.2) is 22.7 Å². The number of benzene rings is 1. The highest BCUT2D eigenvalue weighted by Gasteiger charge is 2.11. The van der Waals surface area contributed by atoms with Crippen molar-refractivity contribution < 1.29 is 14.1 Å². The third-order valence-electron chi connectivity index (χ3n) is 2.90. The molecule has 1 aromatic carbocycles. The van der Waals surface area contributed by atoms with E-state index in [0.29, 0.717) is 11.3 Å². The van der Waals surface area contributed by atoms with E-state index in [0.717, 1.165) is 28.5 Å². The Morgan fingerprint density at radius 2 is 2.11 bits per heavy atom. The van der Waals surface area contributed by atoms with E-state index in [-0.39, 0.29) is 0 Å². The standard InChI is InChI=1S/C13H13NO4/c1-8-9(2)18-13-7-12(17-3)10(6-11(8)13)4-5-14(15)16/h4-7H,1-3H3/b5-4+. The number of aryl methyl sites for hydroxylation is 2. The summed E-state index contributed by atoms with van der Waals surface area (Å²) in [6.07, 6.45) is 2.31. The van der Waals surface area contributed by atoms with Crippen molar-refractivity contribution in [1.82, 2.24) is 0 Å². The van der Waals surface area contributed by atoms with Crippen molar-refractivity contribution in [3.05, 3.63) is 45.3 Å². The minimum absolute atomic E-state index is 0.503. The van der Waals surface area contributed by atoms with Gasteiger partial charge in [-0.1, -0.05) is 0 Å². The first-order chi connectivity index (χ1) is 8.52. The van der Waals surface area contributed by atoms with Gasteiger partial charge in [0.05, 0.1) is 12.0 Å². The van der Waals surface area contributed by atoms with E-state index in [9.17, 15) is 10.1 Å². The van der Waals surface area contributed by atoms with Gasteiger partial charge in [-0.05, 0) is 25.5 Å². The van der Waals surface area contributed by atoms with Crippen molar-refractivity contribution >= 4 is 17.0 Å². The lowest BCUT2D eigenvalue weighted by molar-refractivity contribution is -0.400. The number of ether oxygens (including phenoxy) is 1. The van der Waals surface area contributed by atoms with Crippen LogP contribution in [0.25, 0.3) is 17.0 Å². The number of fused-ring (bicyclic) bond motifs is 1. The van der Waals surface area contributed by atoms with Crippen LogP contribution in [-0.2, 0) is 0 Å². The van der Waals surface area contributed by atoms with Crippen LogP contribution in [-0.4, -0.2) is 12.0 Å². The third-order valence-corrected chi connectivity index (χ3v) is 2.90. The summed E-state index contributed by atoms with van der Waals surface area (Å²) in [6, 6.07) is 3.58. The molecule has 5 heteroatoms. The van der Waals surface area contributed by atoms with Crippen molar-refractivity contribution in [2.45, 2.75) is 13.8 Å². The number of methoxy groups -OCH3 is 1. The Kier molecular flexibility index (Phi) is 3.06. The number of rotatable bonds is 3. The van der Waals surface area contributed by atoms with E-state index < -0.39 is 4.92 Å². The molecule has 0 spiro atoms. The molecule has 0 radical (unpaired) electrons. The lowest BCUT2D eigenvalue weighted by Crippen LogP contribution is -1.88. The minimum atomic E-state index is -0.503. The molecule has 0 aliphatic carbocycles. The number of hydrogen-bond acceptors (Lipinski definition) is 4. The molecule has 0 fully saturated rings. The maximum absolute atomic E-state index is 10.4. The van der Waals surface area contributed by atoms with Gasteiger partial charge in [-0.25, -0.2) is 0 Å². The number of furan rings is 1. The monoisotopic (exact) mass is 247 g/mol. The second kappa shape index (κ2) is 4.52. The summed E-state index contributed by atoms with van der Waals surface area (Å²) in [4.78, 5) is 9.86. The molecule has 18 heavy (non-hydrogen) atoms. The molecule has 0 bridgehead atoms. The quantitative estimate of drug-likeness (QED) is 0.616. The van der Waals surface area contributed by atoms with Gasteiger partial charge in [-0.3, -0.25) is 10.1 Å². The van der Waals surface area contributed by atoms with Gasteiger partial charge in [-0.2, -0.15) is 0 Å². The summed E-state index contributed by atoms with van der Waals surface area (Å²) in [5, 5.41) is 11.3. The SMILES string of the molecule is COc1cc2oc(C)c(C)c2cc1/C=C/[N+](=O)[O-]. The topological polar surface area (TPSA) is 65.5 Å². The van der Waals surface area contributed by atoms with Crippen LogP contribution in [0, 0.1) is 24.0 Å². The Bertz CT molecular complexity index is 640. The second-order valence-corrected chi connectivity index (χ2v) is 3.97. The van der Waals surface area contributed by atoms with Gasteiger partial charge in [-0.15, -0.1) is 0 Å². The fourth-order valence-electron chi connectivity index (χ4n) is 1.83. The van der Waals surface area contributed by atoms with Crippen LogP contribution in [0.2, 0.25) is 0 Å². The molecule has 0 saturated heterocycles. The Morgan fingerprint density at radius 3 is 2.72 bits per heavy atom. The van der Waals surface area contributed by atoms with E-state index >= 15 is 0 Å². The molecular weight excluding hydrogens is 234 g/mol. The Balaban J connectivity index is 2.63. The third kappa shape index (κ3) is 2.07. The van der Waals surface area contributed by atoms with Crippen LogP contribution >= 0.6 is 0 Å². The summed E-state index contributed by atoms with van der Waals surface area (Å²) in [6.45, 7) is 3.84. The Morgan fingerprint density at radius 1 is 1.39 bits per heavy atom. The zero-order valence-corrected chi connectivity index (χ0v) is 10.4. The average Bonchev–Trinajstić information content (AvgIpc) is 2.61. The van der Waals surface area contributed by atoms with Crippen LogP contribution in [0.4, 0.5) is 0 Å². The molecule has 1 heterocycles. The van der Waals surface area contributed by atoms with Gasteiger partial charge in [0.25, 0.3) is 0 Å². The van der Waals surface area contributed by atoms with Gasteiger partial charge >= 0.3 is 0 Å². The molecule has 1 aromatic heterocycles. The van der Waals surface area contributed by atoms with E-state index in [2.05, 4.69) is 0 Å². The predicted octanol–water partition coefficient (Wildman–Crippen LogP) is 3.31. The Labute approximate surface area is 104 Å². The first kappa shape index (κ1) is 12.2. The normalized spacial score (nSPS) is 11.3. The summed E-state index contributed by atoms with van der Waals surface area (Å²) in [5.41, 5.74) is 2.41. The summed E-state index contributed by atoms with van der Waals surface area (Å²) >= 11 is 0. The van der Waals surface area contributed by atoms with Crippen LogP contribution in [0.3, 0.4) is 0 Å². The maximum Gasteiger partial charge on any atom is 0.235 e. The van der Waals surface area contributed by atoms with E-state index in [1.807, 2.05) is 19.9 Å². The van der Waals surface area contributed by atoms with Gasteiger partial charge in [0, 0.05) is 23.1 Å². The van der Waals surface area contributed by atoms with E-state index in [1.54, 1.807) is 6.07 Å². The van der Waals surface area contributed by atoms with Crippen LogP contribution in [0.5, 0.6) is 5.75 Å². The molecule has 0 atom stereocenters. The molecule has 0 amide bonds. The molecule has 5 nitrogen and oxygen atoms in total. The zero-order valence-electron chi connectivity index (χ0n) is 10.4. The fraction of sp³-hybridized carbons (Fsp3) is 0.231. The largest absolute Gasteiger partial charge is 0.496 e. The summed E-state index contributed by atoms with van der Waals surface area (Å²) in [7, 11) is 1.52.